The first-order valence-corrected chi connectivity index (χ1v) is 6.67. The van der Waals surface area contributed by atoms with Crippen molar-refractivity contribution in [2.24, 2.45) is 5.73 Å². The number of thiocarbonyl (C=S) groups is 1. The van der Waals surface area contributed by atoms with Crippen molar-refractivity contribution in [3.8, 4) is 11.5 Å². The third-order valence-electron chi connectivity index (χ3n) is 2.93. The Kier molecular flexibility index (Phi) is 4.58. The van der Waals surface area contributed by atoms with Crippen LogP contribution >= 0.6 is 12.2 Å². The lowest BCUT2D eigenvalue weighted by Gasteiger charge is -2.11. The van der Waals surface area contributed by atoms with Crippen LogP contribution in [0, 0.1) is 6.92 Å². The Hall–Kier alpha value is -2.07. The highest BCUT2D eigenvalue weighted by Gasteiger charge is 2.07. The summed E-state index contributed by atoms with van der Waals surface area (Å²) in [5, 5.41) is 0. The van der Waals surface area contributed by atoms with Gasteiger partial charge in [-0.1, -0.05) is 30.4 Å². The van der Waals surface area contributed by atoms with Crippen LogP contribution in [-0.4, -0.2) is 12.1 Å². The van der Waals surface area contributed by atoms with Crippen molar-refractivity contribution in [2.75, 3.05) is 7.11 Å². The molecule has 2 aromatic carbocycles. The Balaban J connectivity index is 2.12. The van der Waals surface area contributed by atoms with Gasteiger partial charge in [0.25, 0.3) is 0 Å². The summed E-state index contributed by atoms with van der Waals surface area (Å²) in [6, 6.07) is 13.6. The third-order valence-corrected chi connectivity index (χ3v) is 3.15. The number of aryl methyl sites for hydroxylation is 1. The largest absolute Gasteiger partial charge is 0.496 e. The molecule has 104 valence electrons. The Morgan fingerprint density at radius 3 is 2.65 bits per heavy atom. The lowest BCUT2D eigenvalue weighted by molar-refractivity contribution is 0.305. The maximum atomic E-state index is 5.75. The van der Waals surface area contributed by atoms with Crippen LogP contribution < -0.4 is 15.2 Å². The minimum atomic E-state index is 0.327. The highest BCUT2D eigenvalue weighted by atomic mass is 32.1. The summed E-state index contributed by atoms with van der Waals surface area (Å²) < 4.78 is 11.0. The van der Waals surface area contributed by atoms with Crippen molar-refractivity contribution in [1.29, 1.82) is 0 Å². The van der Waals surface area contributed by atoms with Gasteiger partial charge in [0.05, 0.1) is 12.7 Å². The smallest absolute Gasteiger partial charge is 0.129 e. The van der Waals surface area contributed by atoms with E-state index in [1.807, 2.05) is 49.4 Å². The second-order valence-corrected chi connectivity index (χ2v) is 4.94. The van der Waals surface area contributed by atoms with E-state index >= 15 is 0 Å². The van der Waals surface area contributed by atoms with E-state index < -0.39 is 0 Å². The van der Waals surface area contributed by atoms with Gasteiger partial charge in [0.2, 0.25) is 0 Å². The number of ether oxygens (including phenoxy) is 2. The molecule has 4 heteroatoms. The average molecular weight is 287 g/mol. The maximum Gasteiger partial charge on any atom is 0.129 e. The lowest BCUT2D eigenvalue weighted by atomic mass is 10.1. The van der Waals surface area contributed by atoms with Crippen molar-refractivity contribution in [1.82, 2.24) is 0 Å². The molecule has 0 unspecified atom stereocenters. The molecule has 0 heterocycles. The molecule has 0 aromatic heterocycles. The van der Waals surface area contributed by atoms with Gasteiger partial charge < -0.3 is 15.2 Å². The summed E-state index contributed by atoms with van der Waals surface area (Å²) in [5.74, 6) is 1.52. The van der Waals surface area contributed by atoms with E-state index in [0.29, 0.717) is 17.3 Å². The van der Waals surface area contributed by atoms with Crippen LogP contribution in [0.2, 0.25) is 0 Å². The van der Waals surface area contributed by atoms with Crippen LogP contribution in [0.1, 0.15) is 16.7 Å². The number of nitrogens with two attached hydrogens (primary N) is 1. The average Bonchev–Trinajstić information content (AvgIpc) is 2.44. The molecule has 3 nitrogen and oxygen atoms in total. The van der Waals surface area contributed by atoms with Gasteiger partial charge in [-0.3, -0.25) is 0 Å². The molecule has 0 bridgehead atoms. The summed E-state index contributed by atoms with van der Waals surface area (Å²) >= 11 is 4.98. The van der Waals surface area contributed by atoms with Crippen molar-refractivity contribution in [3.05, 3.63) is 59.2 Å². The molecule has 2 rings (SSSR count). The summed E-state index contributed by atoms with van der Waals surface area (Å²) in [4.78, 5) is 0.327. The summed E-state index contributed by atoms with van der Waals surface area (Å²) in [6.07, 6.45) is 0. The molecule has 0 spiro atoms. The fourth-order valence-corrected chi connectivity index (χ4v) is 2.07. The number of hydrogen-bond acceptors (Lipinski definition) is 3. The van der Waals surface area contributed by atoms with Gasteiger partial charge >= 0.3 is 0 Å². The lowest BCUT2D eigenvalue weighted by Crippen LogP contribution is -2.11. The number of benzene rings is 2. The number of methoxy groups -OCH3 is 1. The molecule has 2 N–H and O–H groups in total. The van der Waals surface area contributed by atoms with Crippen LogP contribution in [0.4, 0.5) is 0 Å². The van der Waals surface area contributed by atoms with Crippen molar-refractivity contribution < 1.29 is 9.47 Å². The van der Waals surface area contributed by atoms with Crippen LogP contribution in [0.5, 0.6) is 11.5 Å². The van der Waals surface area contributed by atoms with E-state index in [1.165, 1.54) is 5.56 Å². The summed E-state index contributed by atoms with van der Waals surface area (Å²) in [7, 11) is 1.60. The van der Waals surface area contributed by atoms with Gasteiger partial charge in [-0.2, -0.15) is 0 Å². The van der Waals surface area contributed by atoms with Crippen molar-refractivity contribution in [3.63, 3.8) is 0 Å². The topological polar surface area (TPSA) is 44.5 Å². The second-order valence-electron chi connectivity index (χ2n) is 4.50. The zero-order valence-corrected chi connectivity index (χ0v) is 12.4. The minimum absolute atomic E-state index is 0.327. The first-order chi connectivity index (χ1) is 9.60. The van der Waals surface area contributed by atoms with Gasteiger partial charge in [-0.15, -0.1) is 0 Å². The predicted molar refractivity (Wildman–Crippen MR) is 84.4 cm³/mol. The Morgan fingerprint density at radius 2 is 2.00 bits per heavy atom. The van der Waals surface area contributed by atoms with Crippen molar-refractivity contribution >= 4 is 17.2 Å². The van der Waals surface area contributed by atoms with Gasteiger partial charge in [-0.05, 0) is 42.3 Å². The molecule has 0 radical (unpaired) electrons. The SMILES string of the molecule is COc1cc(COc2cccc(C)c2)ccc1C(N)=S. The summed E-state index contributed by atoms with van der Waals surface area (Å²) in [5.41, 5.74) is 8.55. The molecule has 0 saturated heterocycles. The van der Waals surface area contributed by atoms with Gasteiger partial charge in [0.15, 0.2) is 0 Å². The van der Waals surface area contributed by atoms with E-state index in [9.17, 15) is 0 Å². The fraction of sp³-hybridized carbons (Fsp3) is 0.188. The Morgan fingerprint density at radius 1 is 1.20 bits per heavy atom. The minimum Gasteiger partial charge on any atom is -0.496 e. The van der Waals surface area contributed by atoms with E-state index in [4.69, 9.17) is 27.4 Å². The van der Waals surface area contributed by atoms with Crippen molar-refractivity contribution in [2.45, 2.75) is 13.5 Å². The molecule has 0 aliphatic rings. The molecule has 0 saturated carbocycles. The quantitative estimate of drug-likeness (QED) is 0.858. The van der Waals surface area contributed by atoms with Gasteiger partial charge in [0.1, 0.15) is 23.1 Å². The van der Waals surface area contributed by atoms with Gasteiger partial charge in [-0.25, -0.2) is 0 Å². The third kappa shape index (κ3) is 3.48. The Bertz CT molecular complexity index is 626. The van der Waals surface area contributed by atoms with Crippen LogP contribution in [-0.2, 0) is 6.61 Å². The fourth-order valence-electron chi connectivity index (χ4n) is 1.90. The zero-order valence-electron chi connectivity index (χ0n) is 11.6. The van der Waals surface area contributed by atoms with Crippen LogP contribution in [0.3, 0.4) is 0 Å². The van der Waals surface area contributed by atoms with Gasteiger partial charge in [0, 0.05) is 0 Å². The van der Waals surface area contributed by atoms with Crippen LogP contribution in [0.15, 0.2) is 42.5 Å². The van der Waals surface area contributed by atoms with E-state index in [-0.39, 0.29) is 0 Å². The molecular formula is C16H17NO2S. The van der Waals surface area contributed by atoms with Crippen LogP contribution in [0.25, 0.3) is 0 Å². The first-order valence-electron chi connectivity index (χ1n) is 6.26. The molecule has 2 aromatic rings. The van der Waals surface area contributed by atoms with E-state index in [0.717, 1.165) is 16.9 Å². The maximum absolute atomic E-state index is 5.75. The molecule has 0 amide bonds. The van der Waals surface area contributed by atoms with E-state index in [1.54, 1.807) is 7.11 Å². The molecule has 0 atom stereocenters. The number of rotatable bonds is 5. The Labute approximate surface area is 124 Å². The standard InChI is InChI=1S/C16H17NO2S/c1-11-4-3-5-13(8-11)19-10-12-6-7-14(16(17)20)15(9-12)18-2/h3-9H,10H2,1-2H3,(H2,17,20). The highest BCUT2D eigenvalue weighted by molar-refractivity contribution is 7.80. The molecule has 0 aliphatic heterocycles. The molecule has 0 fully saturated rings. The van der Waals surface area contributed by atoms with E-state index in [2.05, 4.69) is 0 Å². The second kappa shape index (κ2) is 6.39. The molecular weight excluding hydrogens is 270 g/mol. The normalized spacial score (nSPS) is 10.1. The predicted octanol–water partition coefficient (Wildman–Crippen LogP) is 3.22. The molecule has 20 heavy (non-hydrogen) atoms. The monoisotopic (exact) mass is 287 g/mol. The first kappa shape index (κ1) is 14.3. The molecule has 0 aliphatic carbocycles. The zero-order chi connectivity index (χ0) is 14.5. The number of hydrogen-bond donors (Lipinski definition) is 1. The highest BCUT2D eigenvalue weighted by Crippen LogP contribution is 2.21. The summed E-state index contributed by atoms with van der Waals surface area (Å²) in [6.45, 7) is 2.50.